The monoisotopic (exact) mass is 602 g/mol. The van der Waals surface area contributed by atoms with Gasteiger partial charge in [-0.25, -0.2) is 0 Å². The summed E-state index contributed by atoms with van der Waals surface area (Å²) in [6, 6.07) is 1.72. The Balaban J connectivity index is 3.61. The van der Waals surface area contributed by atoms with E-state index in [1.54, 1.807) is 0 Å². The molecule has 18 heteroatoms. The van der Waals surface area contributed by atoms with Crippen LogP contribution in [0.2, 0.25) is 0 Å². The number of rotatable bonds is 9. The Bertz CT molecular complexity index is 871. The minimum Gasteiger partial charge on any atom is -0.200 e. The summed E-state index contributed by atoms with van der Waals surface area (Å²) >= 11 is 2.17. The van der Waals surface area contributed by atoms with Gasteiger partial charge in [0.2, 0.25) is 0 Å². The number of hydrogen-bond donors (Lipinski definition) is 0. The van der Waals surface area contributed by atoms with E-state index in [1.807, 2.05) is 0 Å². The SMILES string of the molecule is FC(F)(F)CCC(F)(F)C(F)(F)C(F)(F)C(F)(F)C(F)(F)C(F)(F)C(F)(F)c1ccccc1Br. The van der Waals surface area contributed by atoms with Crippen molar-refractivity contribution in [3.8, 4) is 0 Å². The Morgan fingerprint density at radius 2 is 0.882 bits per heavy atom. The first-order valence-corrected chi connectivity index (χ1v) is 8.98. The molecule has 0 amide bonds. The van der Waals surface area contributed by atoms with Gasteiger partial charge in [0, 0.05) is 22.9 Å². The third kappa shape index (κ3) is 4.54. The maximum absolute atomic E-state index is 14.1. The molecular weight excluding hydrogens is 595 g/mol. The second-order valence-corrected chi connectivity index (χ2v) is 7.60. The highest BCUT2D eigenvalue weighted by Gasteiger charge is 2.92. The van der Waals surface area contributed by atoms with Crippen LogP contribution in [0.15, 0.2) is 28.7 Å². The Labute approximate surface area is 186 Å². The van der Waals surface area contributed by atoms with Gasteiger partial charge in [0.05, 0.1) is 0 Å². The molecule has 0 N–H and O–H groups in total. The molecule has 0 nitrogen and oxygen atoms in total. The molecule has 0 aromatic heterocycles. The molecule has 1 aromatic rings. The Kier molecular flexibility index (Phi) is 7.70. The second kappa shape index (κ2) is 8.57. The van der Waals surface area contributed by atoms with Crippen LogP contribution in [0.3, 0.4) is 0 Å². The predicted molar refractivity (Wildman–Crippen MR) is 83.0 cm³/mol. The van der Waals surface area contributed by atoms with Gasteiger partial charge in [-0.2, -0.15) is 74.6 Å². The van der Waals surface area contributed by atoms with E-state index in [1.165, 1.54) is 0 Å². The Morgan fingerprint density at radius 3 is 1.29 bits per heavy atom. The van der Waals surface area contributed by atoms with Gasteiger partial charge < -0.3 is 0 Å². The molecule has 0 heterocycles. The molecule has 0 unspecified atom stereocenters. The molecule has 0 bridgehead atoms. The van der Waals surface area contributed by atoms with E-state index in [9.17, 15) is 74.6 Å². The van der Waals surface area contributed by atoms with Gasteiger partial charge in [-0.05, 0) is 6.07 Å². The molecule has 34 heavy (non-hydrogen) atoms. The highest BCUT2D eigenvalue weighted by Crippen LogP contribution is 2.64. The van der Waals surface area contributed by atoms with Gasteiger partial charge >= 0.3 is 47.6 Å². The highest BCUT2D eigenvalue weighted by atomic mass is 79.9. The zero-order valence-electron chi connectivity index (χ0n) is 15.5. The zero-order chi connectivity index (χ0) is 27.4. The molecule has 1 aromatic carbocycles. The fourth-order valence-corrected chi connectivity index (χ4v) is 2.89. The molecule has 198 valence electrons. The van der Waals surface area contributed by atoms with Crippen molar-refractivity contribution in [1.29, 1.82) is 0 Å². The van der Waals surface area contributed by atoms with Crippen LogP contribution in [0, 0.1) is 0 Å². The molecular formula is C16H8BrF17. The lowest BCUT2D eigenvalue weighted by molar-refractivity contribution is -0.443. The lowest BCUT2D eigenvalue weighted by Gasteiger charge is -2.42. The zero-order valence-corrected chi connectivity index (χ0v) is 17.1. The van der Waals surface area contributed by atoms with Gasteiger partial charge in [0.15, 0.2) is 0 Å². The van der Waals surface area contributed by atoms with E-state index >= 15 is 0 Å². The van der Waals surface area contributed by atoms with Crippen molar-refractivity contribution in [1.82, 2.24) is 0 Å². The largest absolute Gasteiger partial charge is 0.389 e. The van der Waals surface area contributed by atoms with E-state index in [2.05, 4.69) is 15.9 Å². The molecule has 0 fully saturated rings. The van der Waals surface area contributed by atoms with Gasteiger partial charge in [-0.3, -0.25) is 0 Å². The minimum atomic E-state index is -8.35. The van der Waals surface area contributed by atoms with Crippen LogP contribution >= 0.6 is 15.9 Å². The van der Waals surface area contributed by atoms with Crippen LogP contribution in [-0.4, -0.2) is 41.7 Å². The van der Waals surface area contributed by atoms with E-state index in [0.717, 1.165) is 6.07 Å². The number of benzene rings is 1. The summed E-state index contributed by atoms with van der Waals surface area (Å²) in [5.41, 5.74) is -2.21. The van der Waals surface area contributed by atoms with Crippen molar-refractivity contribution < 1.29 is 74.6 Å². The Hall–Kier alpha value is -1.49. The summed E-state index contributed by atoms with van der Waals surface area (Å²) < 4.78 is 227. The molecule has 0 aliphatic carbocycles. The van der Waals surface area contributed by atoms with Gasteiger partial charge in [-0.1, -0.05) is 34.1 Å². The first-order valence-electron chi connectivity index (χ1n) is 8.19. The molecule has 0 saturated heterocycles. The molecule has 0 saturated carbocycles. The molecule has 0 aliphatic rings. The standard InChI is InChI=1S/C16H8BrF17/c17-8-4-2-1-3-7(8)11(23,24)13(27,28)15(31,32)16(33,34)14(29,30)12(25,26)9(18,19)5-6-10(20,21)22/h1-4H,5-6H2. The molecule has 0 aliphatic heterocycles. The lowest BCUT2D eigenvalue weighted by Crippen LogP contribution is -2.72. The van der Waals surface area contributed by atoms with E-state index in [4.69, 9.17) is 0 Å². The van der Waals surface area contributed by atoms with Crippen molar-refractivity contribution in [3.63, 3.8) is 0 Å². The highest BCUT2D eigenvalue weighted by molar-refractivity contribution is 9.10. The summed E-state index contributed by atoms with van der Waals surface area (Å²) in [5, 5.41) is 0. The lowest BCUT2D eigenvalue weighted by atomic mass is 9.86. The molecule has 0 spiro atoms. The van der Waals surface area contributed by atoms with Crippen molar-refractivity contribution in [2.45, 2.75) is 60.5 Å². The van der Waals surface area contributed by atoms with Gasteiger partial charge in [0.25, 0.3) is 0 Å². The van der Waals surface area contributed by atoms with Crippen LogP contribution in [-0.2, 0) is 5.92 Å². The summed E-state index contributed by atoms with van der Waals surface area (Å²) in [5.74, 6) is -53.6. The summed E-state index contributed by atoms with van der Waals surface area (Å²) in [6.45, 7) is 0. The number of alkyl halides is 17. The summed E-state index contributed by atoms with van der Waals surface area (Å²) in [4.78, 5) is 0. The molecule has 1 rings (SSSR count). The normalized spacial score (nSPS) is 15.6. The topological polar surface area (TPSA) is 0 Å². The minimum absolute atomic E-state index is 0.0652. The molecule has 0 radical (unpaired) electrons. The summed E-state index contributed by atoms with van der Waals surface area (Å²) in [7, 11) is 0. The van der Waals surface area contributed by atoms with Crippen LogP contribution in [0.25, 0.3) is 0 Å². The van der Waals surface area contributed by atoms with Gasteiger partial charge in [-0.15, -0.1) is 0 Å². The average molecular weight is 603 g/mol. The van der Waals surface area contributed by atoms with Crippen molar-refractivity contribution >= 4 is 15.9 Å². The smallest absolute Gasteiger partial charge is 0.200 e. The fourth-order valence-electron chi connectivity index (χ4n) is 2.36. The van der Waals surface area contributed by atoms with Crippen LogP contribution < -0.4 is 0 Å². The van der Waals surface area contributed by atoms with E-state index in [0.29, 0.717) is 12.1 Å². The quantitative estimate of drug-likeness (QED) is 0.248. The third-order valence-corrected chi connectivity index (χ3v) is 5.06. The number of hydrogen-bond acceptors (Lipinski definition) is 0. The Morgan fingerprint density at radius 1 is 0.500 bits per heavy atom. The summed E-state index contributed by atoms with van der Waals surface area (Å²) in [6.07, 6.45) is -12.1. The third-order valence-electron chi connectivity index (χ3n) is 4.37. The van der Waals surface area contributed by atoms with Crippen LogP contribution in [0.4, 0.5) is 74.6 Å². The van der Waals surface area contributed by atoms with Crippen molar-refractivity contribution in [2.24, 2.45) is 0 Å². The first-order chi connectivity index (χ1) is 14.7. The average Bonchev–Trinajstić information content (AvgIpc) is 2.65. The van der Waals surface area contributed by atoms with E-state index in [-0.39, 0.29) is 6.07 Å². The van der Waals surface area contributed by atoms with Crippen LogP contribution in [0.1, 0.15) is 18.4 Å². The van der Waals surface area contributed by atoms with Crippen LogP contribution in [0.5, 0.6) is 0 Å². The van der Waals surface area contributed by atoms with Gasteiger partial charge in [0.1, 0.15) is 0 Å². The first kappa shape index (κ1) is 30.5. The predicted octanol–water partition coefficient (Wildman–Crippen LogP) is 8.70. The van der Waals surface area contributed by atoms with Crippen molar-refractivity contribution in [2.75, 3.05) is 0 Å². The van der Waals surface area contributed by atoms with Crippen molar-refractivity contribution in [3.05, 3.63) is 34.3 Å². The number of halogens is 18. The molecule has 0 atom stereocenters. The van der Waals surface area contributed by atoms with E-state index < -0.39 is 70.5 Å². The fraction of sp³-hybridized carbons (Fsp3) is 0.625. The second-order valence-electron chi connectivity index (χ2n) is 6.75. The maximum atomic E-state index is 14.1. The maximum Gasteiger partial charge on any atom is 0.389 e.